The van der Waals surface area contributed by atoms with Crippen LogP contribution >= 0.6 is 7.82 Å². The minimum Gasteiger partial charge on any atom is -0.462 e. The zero-order valence-electron chi connectivity index (χ0n) is 41.9. The SMILES string of the molecule is CCCCCCCC/C=C/C/C=C/C/C=C/CCCC(=O)O[C@@H](COC(=O)CCCCCCCCCCCCCCCCCCCCCCC)COP(=O)(O)OC1C(O)C(O)C(O)[C@H](O)C1O. The van der Waals surface area contributed by atoms with Gasteiger partial charge in [-0.25, -0.2) is 4.57 Å². The summed E-state index contributed by atoms with van der Waals surface area (Å²) in [6.45, 7) is 3.29. The first-order valence-electron chi connectivity index (χ1n) is 26.8. The number of allylic oxidation sites excluding steroid dienone is 6. The molecule has 0 heterocycles. The molecule has 8 atom stereocenters. The number of phosphoric ester groups is 1. The Morgan fingerprint density at radius 3 is 1.27 bits per heavy atom. The number of unbranched alkanes of at least 4 members (excludes halogenated alkanes) is 27. The number of ether oxygens (including phenoxy) is 2. The highest BCUT2D eigenvalue weighted by Gasteiger charge is 2.51. The van der Waals surface area contributed by atoms with Crippen LogP contribution in [0.1, 0.15) is 232 Å². The summed E-state index contributed by atoms with van der Waals surface area (Å²) >= 11 is 0. The summed E-state index contributed by atoms with van der Waals surface area (Å²) in [6, 6.07) is 0. The molecule has 0 aromatic carbocycles. The second kappa shape index (κ2) is 42.9. The number of hydrogen-bond donors (Lipinski definition) is 6. The normalized spacial score (nSPS) is 21.4. The van der Waals surface area contributed by atoms with Gasteiger partial charge in [0.2, 0.25) is 0 Å². The van der Waals surface area contributed by atoms with Crippen molar-refractivity contribution in [2.24, 2.45) is 0 Å². The third-order valence-corrected chi connectivity index (χ3v) is 13.5. The summed E-state index contributed by atoms with van der Waals surface area (Å²) in [5.41, 5.74) is 0. The van der Waals surface area contributed by atoms with Crippen molar-refractivity contribution < 1.29 is 63.1 Å². The molecule has 14 heteroatoms. The van der Waals surface area contributed by atoms with Crippen molar-refractivity contribution >= 4 is 19.8 Å². The van der Waals surface area contributed by atoms with Crippen molar-refractivity contribution in [3.05, 3.63) is 36.5 Å². The largest absolute Gasteiger partial charge is 0.472 e. The number of phosphoric acid groups is 1. The van der Waals surface area contributed by atoms with Crippen LogP contribution in [0.4, 0.5) is 0 Å². The molecule has 6 N–H and O–H groups in total. The summed E-state index contributed by atoms with van der Waals surface area (Å²) in [4.78, 5) is 35.8. The van der Waals surface area contributed by atoms with E-state index in [9.17, 15) is 44.6 Å². The van der Waals surface area contributed by atoms with Crippen LogP contribution in [0, 0.1) is 0 Å². The zero-order chi connectivity index (χ0) is 49.2. The third-order valence-electron chi connectivity index (χ3n) is 12.5. The molecule has 0 aromatic heterocycles. The van der Waals surface area contributed by atoms with Gasteiger partial charge in [0, 0.05) is 12.8 Å². The Morgan fingerprint density at radius 1 is 0.463 bits per heavy atom. The number of aliphatic hydroxyl groups excluding tert-OH is 5. The van der Waals surface area contributed by atoms with Crippen molar-refractivity contribution in [1.29, 1.82) is 0 Å². The number of carbonyl (C=O) groups is 2. The summed E-state index contributed by atoms with van der Waals surface area (Å²) < 4.78 is 33.6. The van der Waals surface area contributed by atoms with Crippen LogP contribution in [0.15, 0.2) is 36.5 Å². The van der Waals surface area contributed by atoms with E-state index in [0.29, 0.717) is 19.3 Å². The topological polar surface area (TPSA) is 210 Å². The maximum atomic E-state index is 12.9. The first-order chi connectivity index (χ1) is 32.4. The Morgan fingerprint density at radius 2 is 0.821 bits per heavy atom. The van der Waals surface area contributed by atoms with Crippen molar-refractivity contribution in [3.8, 4) is 0 Å². The minimum absolute atomic E-state index is 0.0271. The van der Waals surface area contributed by atoms with Gasteiger partial charge in [-0.3, -0.25) is 18.6 Å². The lowest BCUT2D eigenvalue weighted by atomic mass is 9.85. The Balaban J connectivity index is 2.39. The van der Waals surface area contributed by atoms with Gasteiger partial charge >= 0.3 is 19.8 Å². The molecule has 6 unspecified atom stereocenters. The van der Waals surface area contributed by atoms with E-state index >= 15 is 0 Å². The van der Waals surface area contributed by atoms with Gasteiger partial charge in [-0.05, 0) is 44.9 Å². The molecule has 13 nitrogen and oxygen atoms in total. The van der Waals surface area contributed by atoms with Gasteiger partial charge < -0.3 is 39.9 Å². The molecule has 0 amide bonds. The van der Waals surface area contributed by atoms with Crippen molar-refractivity contribution in [2.45, 2.75) is 275 Å². The average molecular weight is 973 g/mol. The highest BCUT2D eigenvalue weighted by molar-refractivity contribution is 7.47. The predicted molar refractivity (Wildman–Crippen MR) is 267 cm³/mol. The van der Waals surface area contributed by atoms with Crippen LogP contribution in [0.2, 0.25) is 0 Å². The van der Waals surface area contributed by atoms with Crippen molar-refractivity contribution in [1.82, 2.24) is 0 Å². The molecular weight excluding hydrogens is 876 g/mol. The van der Waals surface area contributed by atoms with Crippen LogP contribution in [0.3, 0.4) is 0 Å². The Labute approximate surface area is 406 Å². The molecule has 0 saturated heterocycles. The van der Waals surface area contributed by atoms with Gasteiger partial charge in [0.25, 0.3) is 0 Å². The molecule has 1 aliphatic rings. The van der Waals surface area contributed by atoms with E-state index in [1.54, 1.807) is 0 Å². The number of aliphatic hydroxyl groups is 5. The number of hydrogen-bond acceptors (Lipinski definition) is 12. The Hall–Kier alpha value is -1.93. The van der Waals surface area contributed by atoms with E-state index in [1.807, 2.05) is 12.2 Å². The average Bonchev–Trinajstić information content (AvgIpc) is 3.31. The van der Waals surface area contributed by atoms with Gasteiger partial charge in [0.15, 0.2) is 6.10 Å². The van der Waals surface area contributed by atoms with Crippen molar-refractivity contribution in [3.63, 3.8) is 0 Å². The van der Waals surface area contributed by atoms with Gasteiger partial charge in [-0.1, -0.05) is 211 Å². The van der Waals surface area contributed by atoms with Crippen molar-refractivity contribution in [2.75, 3.05) is 13.2 Å². The fourth-order valence-corrected chi connectivity index (χ4v) is 9.16. The lowest BCUT2D eigenvalue weighted by Gasteiger charge is -2.41. The van der Waals surface area contributed by atoms with Crippen LogP contribution in [-0.4, -0.2) is 98.3 Å². The lowest BCUT2D eigenvalue weighted by molar-refractivity contribution is -0.220. The molecule has 1 rings (SSSR count). The first-order valence-corrected chi connectivity index (χ1v) is 28.3. The fraction of sp³-hybridized carbons (Fsp3) is 0.849. The number of rotatable bonds is 45. The molecular formula is C53H97O13P. The summed E-state index contributed by atoms with van der Waals surface area (Å²) in [5.74, 6) is -1.15. The van der Waals surface area contributed by atoms with Crippen LogP contribution < -0.4 is 0 Å². The molecule has 1 fully saturated rings. The van der Waals surface area contributed by atoms with E-state index in [1.165, 1.54) is 148 Å². The molecule has 0 aromatic rings. The highest BCUT2D eigenvalue weighted by atomic mass is 31.2. The highest BCUT2D eigenvalue weighted by Crippen LogP contribution is 2.47. The van der Waals surface area contributed by atoms with Gasteiger partial charge in [-0.15, -0.1) is 0 Å². The third kappa shape index (κ3) is 34.9. The standard InChI is InChI=1S/C53H97O13P/c1-3-5-7-9-11-13-15-17-19-21-22-23-24-26-27-29-31-33-35-37-39-41-46(54)63-43-45(44-64-67(61,62)66-53-51(59)49(57)48(56)50(58)52(53)60)65-47(55)42-40-38-36-34-32-30-28-25-20-18-16-14-12-10-8-6-4-2/h18,20,28,30,34,36,45,48-53,56-60H,3-17,19,21-27,29,31-33,35,37-44H2,1-2H3,(H,61,62)/b20-18+,30-28+,36-34+/t45-,48?,49-,50?,51?,52?,53?/m0/s1. The van der Waals surface area contributed by atoms with E-state index in [0.717, 1.165) is 38.5 Å². The smallest absolute Gasteiger partial charge is 0.462 e. The van der Waals surface area contributed by atoms with Crippen LogP contribution in [0.5, 0.6) is 0 Å². The monoisotopic (exact) mass is 973 g/mol. The van der Waals surface area contributed by atoms with E-state index in [4.69, 9.17) is 18.5 Å². The summed E-state index contributed by atoms with van der Waals surface area (Å²) in [7, 11) is -5.13. The van der Waals surface area contributed by atoms with Crippen LogP contribution in [0.25, 0.3) is 0 Å². The zero-order valence-corrected chi connectivity index (χ0v) is 42.8. The molecule has 0 aliphatic heterocycles. The minimum atomic E-state index is -5.13. The Bertz CT molecular complexity index is 1310. The van der Waals surface area contributed by atoms with E-state index in [-0.39, 0.29) is 12.8 Å². The van der Waals surface area contributed by atoms with Gasteiger partial charge in [0.05, 0.1) is 6.61 Å². The lowest BCUT2D eigenvalue weighted by Crippen LogP contribution is -2.64. The summed E-state index contributed by atoms with van der Waals surface area (Å²) in [5, 5.41) is 50.3. The quantitative estimate of drug-likeness (QED) is 0.0145. The molecule has 0 radical (unpaired) electrons. The fourth-order valence-electron chi connectivity index (χ4n) is 8.19. The summed E-state index contributed by atoms with van der Waals surface area (Å²) in [6.07, 6.45) is 37.8. The molecule has 392 valence electrons. The molecule has 67 heavy (non-hydrogen) atoms. The maximum Gasteiger partial charge on any atom is 0.472 e. The Kier molecular flexibility index (Phi) is 40.4. The number of carbonyl (C=O) groups excluding carboxylic acids is 2. The van der Waals surface area contributed by atoms with Gasteiger partial charge in [-0.2, -0.15) is 0 Å². The van der Waals surface area contributed by atoms with E-state index in [2.05, 4.69) is 38.2 Å². The van der Waals surface area contributed by atoms with Gasteiger partial charge in [0.1, 0.15) is 43.2 Å². The van der Waals surface area contributed by atoms with E-state index < -0.39 is 75.7 Å². The molecule has 0 bridgehead atoms. The number of esters is 2. The molecule has 1 aliphatic carbocycles. The van der Waals surface area contributed by atoms with Crippen LogP contribution in [-0.2, 0) is 32.7 Å². The first kappa shape index (κ1) is 63.1. The second-order valence-corrected chi connectivity index (χ2v) is 20.1. The maximum absolute atomic E-state index is 12.9. The molecule has 0 spiro atoms. The second-order valence-electron chi connectivity index (χ2n) is 18.7. The molecule has 1 saturated carbocycles. The predicted octanol–water partition coefficient (Wildman–Crippen LogP) is 11.7.